The lowest BCUT2D eigenvalue weighted by atomic mass is 9.73. The number of fused-ring (bicyclic) bond motifs is 4. The van der Waals surface area contributed by atoms with Crippen LogP contribution in [0.2, 0.25) is 0 Å². The highest BCUT2D eigenvalue weighted by Crippen LogP contribution is 2.55. The van der Waals surface area contributed by atoms with Gasteiger partial charge >= 0.3 is 35.8 Å². The van der Waals surface area contributed by atoms with Gasteiger partial charge in [-0.05, 0) is 163 Å². The van der Waals surface area contributed by atoms with Crippen LogP contribution >= 0.6 is 0 Å². The molecule has 0 N–H and O–H groups in total. The fourth-order valence-electron chi connectivity index (χ4n) is 11.7. The van der Waals surface area contributed by atoms with Crippen LogP contribution in [-0.4, -0.2) is 92.4 Å². The Kier molecular flexibility index (Phi) is 17.1. The number of rotatable bonds is 18. The largest absolute Gasteiger partial charge is 0.462 e. The second-order valence-corrected chi connectivity index (χ2v) is 19.7. The van der Waals surface area contributed by atoms with E-state index < -0.39 is 17.4 Å². The van der Waals surface area contributed by atoms with E-state index in [1.54, 1.807) is 0 Å². The molecule has 4 saturated carbocycles. The van der Waals surface area contributed by atoms with Crippen LogP contribution in [0.1, 0.15) is 165 Å². The van der Waals surface area contributed by atoms with Crippen molar-refractivity contribution in [3.8, 4) is 0 Å². The van der Waals surface area contributed by atoms with Gasteiger partial charge in [-0.15, -0.1) is 0 Å². The van der Waals surface area contributed by atoms with Crippen molar-refractivity contribution in [3.05, 3.63) is 95.1 Å². The van der Waals surface area contributed by atoms with E-state index in [4.69, 9.17) is 37.9 Å². The highest BCUT2D eigenvalue weighted by atomic mass is 16.7. The van der Waals surface area contributed by atoms with Crippen LogP contribution in [-0.2, 0) is 75.3 Å². The lowest BCUT2D eigenvalue weighted by molar-refractivity contribution is -0.162. The van der Waals surface area contributed by atoms with E-state index in [0.29, 0.717) is 114 Å². The monoisotopic (exact) mass is 952 g/mol. The summed E-state index contributed by atoms with van der Waals surface area (Å²) in [7, 11) is 0. The molecule has 0 saturated heterocycles. The Morgan fingerprint density at radius 2 is 0.899 bits per heavy atom. The van der Waals surface area contributed by atoms with Crippen LogP contribution in [0.5, 0.6) is 0 Å². The molecule has 8 rings (SSSR count). The molecule has 372 valence electrons. The standard InChI is InChI=1S/C55H68O14/c1-3-47(56)63-33-7-32-62-39-16-12-37(13-17-39)51(58)66-41-20-24-43(25-21-41)68-53(60)45-10-5-8-35-28-30-55(49(35)45)31-29-36-9-6-11-46(50(36)55)54(61)69-44-26-22-42(23-27-44)67-52(59)38-14-18-40(19-15-38)64-34-65-48(57)4-2/h3-6,8-11,37-44H,1-2,7,12-34H2. The molecule has 6 aliphatic carbocycles. The van der Waals surface area contributed by atoms with Crippen LogP contribution in [0.3, 0.4) is 0 Å². The van der Waals surface area contributed by atoms with Gasteiger partial charge in [-0.25, -0.2) is 19.2 Å². The molecule has 14 heteroatoms. The van der Waals surface area contributed by atoms with E-state index in [1.165, 1.54) is 0 Å². The molecule has 1 atom stereocenters. The quantitative estimate of drug-likeness (QED) is 0.0455. The normalized spacial score (nSPS) is 28.3. The molecule has 6 aliphatic rings. The average Bonchev–Trinajstić information content (AvgIpc) is 3.95. The van der Waals surface area contributed by atoms with Gasteiger partial charge in [0.1, 0.15) is 24.4 Å². The van der Waals surface area contributed by atoms with Crippen molar-refractivity contribution in [3.63, 3.8) is 0 Å². The molecule has 0 heterocycles. The first kappa shape index (κ1) is 50.1. The molecule has 0 amide bonds. The number of hydrogen-bond acceptors (Lipinski definition) is 14. The van der Waals surface area contributed by atoms with Gasteiger partial charge in [0, 0.05) is 24.0 Å². The van der Waals surface area contributed by atoms with E-state index in [-0.39, 0.29) is 85.7 Å². The van der Waals surface area contributed by atoms with Gasteiger partial charge in [0.2, 0.25) is 0 Å². The number of benzene rings is 2. The first-order valence-corrected chi connectivity index (χ1v) is 25.4. The highest BCUT2D eigenvalue weighted by molar-refractivity contribution is 5.96. The fraction of sp³-hybridized carbons (Fsp3) is 0.600. The summed E-state index contributed by atoms with van der Waals surface area (Å²) in [5.74, 6) is -2.41. The smallest absolute Gasteiger partial charge is 0.338 e. The number of carbonyl (C=O) groups is 6. The molecular formula is C55H68O14. The summed E-state index contributed by atoms with van der Waals surface area (Å²) in [6.07, 6.45) is 15.4. The van der Waals surface area contributed by atoms with Gasteiger partial charge in [-0.3, -0.25) is 9.59 Å². The first-order valence-electron chi connectivity index (χ1n) is 25.4. The van der Waals surface area contributed by atoms with Gasteiger partial charge in [0.05, 0.1) is 48.4 Å². The average molecular weight is 953 g/mol. The molecule has 69 heavy (non-hydrogen) atoms. The van der Waals surface area contributed by atoms with Crippen LogP contribution in [0.25, 0.3) is 0 Å². The first-order chi connectivity index (χ1) is 33.5. The van der Waals surface area contributed by atoms with Crippen LogP contribution in [0.15, 0.2) is 61.7 Å². The maximum Gasteiger partial charge on any atom is 0.338 e. The van der Waals surface area contributed by atoms with Gasteiger partial charge in [-0.2, -0.15) is 0 Å². The molecular weight excluding hydrogens is 885 g/mol. The van der Waals surface area contributed by atoms with E-state index in [1.807, 2.05) is 24.3 Å². The summed E-state index contributed by atoms with van der Waals surface area (Å²) >= 11 is 0. The molecule has 4 fully saturated rings. The van der Waals surface area contributed by atoms with Crippen molar-refractivity contribution in [2.24, 2.45) is 11.8 Å². The number of carbonyl (C=O) groups excluding carboxylic acids is 6. The zero-order chi connectivity index (χ0) is 48.3. The fourth-order valence-corrected chi connectivity index (χ4v) is 11.7. The molecule has 1 unspecified atom stereocenters. The van der Waals surface area contributed by atoms with Crippen molar-refractivity contribution < 1.29 is 66.7 Å². The van der Waals surface area contributed by atoms with Crippen molar-refractivity contribution >= 4 is 35.8 Å². The van der Waals surface area contributed by atoms with Crippen LogP contribution in [0.4, 0.5) is 0 Å². The summed E-state index contributed by atoms with van der Waals surface area (Å²) in [4.78, 5) is 77.2. The SMILES string of the molecule is C=CC(=O)OCCCOC1CCC(C(=O)OC2CCC(OC(=O)c3cccc4c3C3(CC4)CCc4cccc(C(=O)OC5CCC(OC(=O)C6CCC(OCOC(=O)C=C)CC6)CC5)c43)CC2)CC1. The van der Waals surface area contributed by atoms with Gasteiger partial charge in [-0.1, -0.05) is 37.4 Å². The van der Waals surface area contributed by atoms with Gasteiger partial charge < -0.3 is 37.9 Å². The summed E-state index contributed by atoms with van der Waals surface area (Å²) in [5.41, 5.74) is 4.69. The summed E-state index contributed by atoms with van der Waals surface area (Å²) in [6.45, 7) is 7.41. The third kappa shape index (κ3) is 12.3. The number of aryl methyl sites for hydroxylation is 2. The number of ether oxygens (including phenoxy) is 8. The minimum atomic E-state index is -0.535. The Hall–Kier alpha value is -5.34. The lowest BCUT2D eigenvalue weighted by Gasteiger charge is -2.33. The predicted octanol–water partition coefficient (Wildman–Crippen LogP) is 8.84. The van der Waals surface area contributed by atoms with E-state index in [2.05, 4.69) is 25.3 Å². The van der Waals surface area contributed by atoms with Crippen molar-refractivity contribution in [1.29, 1.82) is 0 Å². The zero-order valence-electron chi connectivity index (χ0n) is 39.8. The Morgan fingerprint density at radius 3 is 1.35 bits per heavy atom. The summed E-state index contributed by atoms with van der Waals surface area (Å²) in [6, 6.07) is 11.7. The Morgan fingerprint density at radius 1 is 0.493 bits per heavy atom. The maximum absolute atomic E-state index is 14.2. The van der Waals surface area contributed by atoms with Gasteiger partial charge in [0.25, 0.3) is 0 Å². The topological polar surface area (TPSA) is 176 Å². The molecule has 0 aliphatic heterocycles. The second kappa shape index (κ2) is 23.5. The minimum absolute atomic E-state index is 0.0746. The summed E-state index contributed by atoms with van der Waals surface area (Å²) < 4.78 is 45.9. The van der Waals surface area contributed by atoms with Gasteiger partial charge in [0.15, 0.2) is 6.79 Å². The van der Waals surface area contributed by atoms with Crippen LogP contribution in [0, 0.1) is 11.8 Å². The molecule has 2 aromatic rings. The second-order valence-electron chi connectivity index (χ2n) is 19.7. The number of esters is 6. The van der Waals surface area contributed by atoms with E-state index >= 15 is 0 Å². The predicted molar refractivity (Wildman–Crippen MR) is 251 cm³/mol. The molecule has 2 aromatic carbocycles. The minimum Gasteiger partial charge on any atom is -0.462 e. The van der Waals surface area contributed by atoms with Crippen LogP contribution < -0.4 is 0 Å². The molecule has 1 spiro atoms. The van der Waals surface area contributed by atoms with E-state index in [9.17, 15) is 28.8 Å². The van der Waals surface area contributed by atoms with Crippen molar-refractivity contribution in [2.75, 3.05) is 20.0 Å². The third-order valence-electron chi connectivity index (χ3n) is 15.4. The zero-order valence-corrected chi connectivity index (χ0v) is 39.8. The molecule has 0 aromatic heterocycles. The van der Waals surface area contributed by atoms with Crippen molar-refractivity contribution in [2.45, 2.75) is 177 Å². The van der Waals surface area contributed by atoms with E-state index in [0.717, 1.165) is 72.9 Å². The molecule has 0 bridgehead atoms. The highest BCUT2D eigenvalue weighted by Gasteiger charge is 2.49. The number of hydrogen-bond donors (Lipinski definition) is 0. The molecule has 0 radical (unpaired) electrons. The Bertz CT molecular complexity index is 2180. The van der Waals surface area contributed by atoms with Crippen molar-refractivity contribution in [1.82, 2.24) is 0 Å². The maximum atomic E-state index is 14.2. The summed E-state index contributed by atoms with van der Waals surface area (Å²) in [5, 5.41) is 0. The Balaban J connectivity index is 0.799. The third-order valence-corrected chi connectivity index (χ3v) is 15.4. The lowest BCUT2D eigenvalue weighted by Crippen LogP contribution is -2.34. The molecule has 14 nitrogen and oxygen atoms in total. The Labute approximate surface area is 405 Å².